The summed E-state index contributed by atoms with van der Waals surface area (Å²) in [6.07, 6.45) is 0. The number of hydrogen-bond acceptors (Lipinski definition) is 2. The van der Waals surface area contributed by atoms with Crippen LogP contribution in [0, 0.1) is 5.82 Å². The van der Waals surface area contributed by atoms with E-state index < -0.39 is 6.04 Å². The molecule has 7 heteroatoms. The molecule has 2 aromatic rings. The Hall–Kier alpha value is -2.44. The molecule has 2 aromatic carbocycles. The van der Waals surface area contributed by atoms with Gasteiger partial charge >= 0.3 is 0 Å². The van der Waals surface area contributed by atoms with Gasteiger partial charge in [-0.2, -0.15) is 0 Å². The molecule has 0 saturated heterocycles. The van der Waals surface area contributed by atoms with E-state index in [1.54, 1.807) is 13.0 Å². The van der Waals surface area contributed by atoms with Crippen molar-refractivity contribution in [3.8, 4) is 0 Å². The van der Waals surface area contributed by atoms with Crippen LogP contribution in [-0.4, -0.2) is 11.0 Å². The summed E-state index contributed by atoms with van der Waals surface area (Å²) in [5.74, 6) is -0.690. The van der Waals surface area contributed by atoms with Crippen LogP contribution in [0.4, 0.5) is 10.1 Å². The van der Waals surface area contributed by atoms with Gasteiger partial charge in [0.2, 0.25) is 0 Å². The molecule has 0 bridgehead atoms. The number of benzene rings is 2. The van der Waals surface area contributed by atoms with Crippen molar-refractivity contribution < 1.29 is 9.18 Å². The zero-order valence-electron chi connectivity index (χ0n) is 13.3. The lowest BCUT2D eigenvalue weighted by molar-refractivity contribution is -0.113. The van der Waals surface area contributed by atoms with Gasteiger partial charge in [0.1, 0.15) is 5.82 Å². The van der Waals surface area contributed by atoms with Crippen LogP contribution in [0.3, 0.4) is 0 Å². The highest BCUT2D eigenvalue weighted by Crippen LogP contribution is 2.32. The molecule has 0 radical (unpaired) electrons. The van der Waals surface area contributed by atoms with Crippen molar-refractivity contribution in [1.29, 1.82) is 0 Å². The molecule has 3 N–H and O–H groups in total. The maximum Gasteiger partial charge on any atom is 0.255 e. The predicted octanol–water partition coefficient (Wildman–Crippen LogP) is 3.91. The van der Waals surface area contributed by atoms with Gasteiger partial charge in [-0.15, -0.1) is 0 Å². The van der Waals surface area contributed by atoms with E-state index in [-0.39, 0.29) is 11.7 Å². The third-order valence-corrected chi connectivity index (χ3v) is 4.40. The molecule has 0 saturated carbocycles. The second-order valence-electron chi connectivity index (χ2n) is 5.55. The van der Waals surface area contributed by atoms with E-state index in [4.69, 9.17) is 23.8 Å². The van der Waals surface area contributed by atoms with Crippen LogP contribution >= 0.6 is 23.8 Å². The molecular formula is C18H15ClFN3OS. The largest absolute Gasteiger partial charge is 0.351 e. The summed E-state index contributed by atoms with van der Waals surface area (Å²) in [6.45, 7) is 1.77. The van der Waals surface area contributed by atoms with Gasteiger partial charge in [-0.1, -0.05) is 29.8 Å². The molecule has 25 heavy (non-hydrogen) atoms. The molecule has 1 aliphatic heterocycles. The molecule has 1 atom stereocenters. The van der Waals surface area contributed by atoms with Gasteiger partial charge in [-0.05, 0) is 55.0 Å². The Bertz CT molecular complexity index is 867. The number of nitrogens with one attached hydrogen (secondary N) is 3. The number of anilines is 1. The summed E-state index contributed by atoms with van der Waals surface area (Å²) >= 11 is 11.5. The maximum absolute atomic E-state index is 13.0. The van der Waals surface area contributed by atoms with Crippen molar-refractivity contribution in [2.45, 2.75) is 13.0 Å². The first-order valence-electron chi connectivity index (χ1n) is 7.55. The van der Waals surface area contributed by atoms with Crippen LogP contribution in [0.2, 0.25) is 5.02 Å². The van der Waals surface area contributed by atoms with Crippen molar-refractivity contribution in [3.05, 3.63) is 76.2 Å². The van der Waals surface area contributed by atoms with Crippen molar-refractivity contribution >= 4 is 40.5 Å². The van der Waals surface area contributed by atoms with E-state index >= 15 is 0 Å². The lowest BCUT2D eigenvalue weighted by Crippen LogP contribution is -2.45. The second-order valence-corrected chi connectivity index (χ2v) is 6.37. The number of amides is 1. The summed E-state index contributed by atoms with van der Waals surface area (Å²) < 4.78 is 13.0. The topological polar surface area (TPSA) is 53.2 Å². The van der Waals surface area contributed by atoms with Gasteiger partial charge < -0.3 is 16.0 Å². The van der Waals surface area contributed by atoms with E-state index in [2.05, 4.69) is 16.0 Å². The zero-order chi connectivity index (χ0) is 18.0. The van der Waals surface area contributed by atoms with Crippen molar-refractivity contribution in [3.63, 3.8) is 0 Å². The van der Waals surface area contributed by atoms with Crippen LogP contribution in [0.15, 0.2) is 59.8 Å². The lowest BCUT2D eigenvalue weighted by Gasteiger charge is -2.30. The molecule has 0 aliphatic carbocycles. The molecular weight excluding hydrogens is 361 g/mol. The Balaban J connectivity index is 1.96. The standard InChI is InChI=1S/C18H15ClFN3OS/c1-10-15(17(24)22-12-8-6-11(20)7-9-12)16(23-18(25)21-10)13-4-2-3-5-14(13)19/h2-9,16H,1H3,(H,22,24)(H2,21,23,25)/t16-/m1/s1. The summed E-state index contributed by atoms with van der Waals surface area (Å²) in [7, 11) is 0. The molecule has 1 heterocycles. The van der Waals surface area contributed by atoms with Crippen LogP contribution in [0.1, 0.15) is 18.5 Å². The third kappa shape index (κ3) is 3.81. The fourth-order valence-electron chi connectivity index (χ4n) is 2.67. The SMILES string of the molecule is CC1=C(C(=O)Nc2ccc(F)cc2)[C@@H](c2ccccc2Cl)NC(=S)N1. The number of carbonyl (C=O) groups is 1. The molecule has 1 aliphatic rings. The molecule has 0 fully saturated rings. The highest BCUT2D eigenvalue weighted by molar-refractivity contribution is 7.80. The smallest absolute Gasteiger partial charge is 0.255 e. The first-order valence-corrected chi connectivity index (χ1v) is 8.34. The zero-order valence-corrected chi connectivity index (χ0v) is 14.8. The Morgan fingerprint density at radius 2 is 1.88 bits per heavy atom. The van der Waals surface area contributed by atoms with Gasteiger partial charge in [0.25, 0.3) is 5.91 Å². The Morgan fingerprint density at radius 1 is 1.20 bits per heavy atom. The molecule has 3 rings (SSSR count). The van der Waals surface area contributed by atoms with E-state index in [0.717, 1.165) is 5.56 Å². The number of carbonyl (C=O) groups excluding carboxylic acids is 1. The minimum absolute atomic E-state index is 0.323. The maximum atomic E-state index is 13.0. The van der Waals surface area contributed by atoms with Gasteiger partial charge in [-0.3, -0.25) is 4.79 Å². The Morgan fingerprint density at radius 3 is 2.56 bits per heavy atom. The first kappa shape index (κ1) is 17.4. The molecule has 0 aromatic heterocycles. The van der Waals surface area contributed by atoms with Gasteiger partial charge in [-0.25, -0.2) is 4.39 Å². The molecule has 0 unspecified atom stereocenters. The van der Waals surface area contributed by atoms with Crippen LogP contribution in [0.25, 0.3) is 0 Å². The molecule has 4 nitrogen and oxygen atoms in total. The van der Waals surface area contributed by atoms with Gasteiger partial charge in [0.15, 0.2) is 5.11 Å². The van der Waals surface area contributed by atoms with Crippen molar-refractivity contribution in [2.75, 3.05) is 5.32 Å². The van der Waals surface area contributed by atoms with Gasteiger partial charge in [0.05, 0.1) is 11.6 Å². The molecule has 1 amide bonds. The van der Waals surface area contributed by atoms with Crippen molar-refractivity contribution in [2.24, 2.45) is 0 Å². The van der Waals surface area contributed by atoms with E-state index in [9.17, 15) is 9.18 Å². The normalized spacial score (nSPS) is 16.9. The minimum Gasteiger partial charge on any atom is -0.351 e. The lowest BCUT2D eigenvalue weighted by atomic mass is 9.95. The summed E-state index contributed by atoms with van der Waals surface area (Å²) in [6, 6.07) is 12.4. The Labute approximate surface area is 155 Å². The average Bonchev–Trinajstić information content (AvgIpc) is 2.56. The second kappa shape index (κ2) is 7.21. The summed E-state index contributed by atoms with van der Waals surface area (Å²) in [5.41, 5.74) is 2.34. The van der Waals surface area contributed by atoms with E-state index in [1.807, 2.05) is 18.2 Å². The summed E-state index contributed by atoms with van der Waals surface area (Å²) in [5, 5.41) is 9.77. The van der Waals surface area contributed by atoms with E-state index in [1.165, 1.54) is 24.3 Å². The van der Waals surface area contributed by atoms with Crippen LogP contribution in [-0.2, 0) is 4.79 Å². The third-order valence-electron chi connectivity index (χ3n) is 3.83. The van der Waals surface area contributed by atoms with Crippen LogP contribution < -0.4 is 16.0 Å². The highest BCUT2D eigenvalue weighted by atomic mass is 35.5. The molecule has 128 valence electrons. The Kier molecular flexibility index (Phi) is 5.01. The first-order chi connectivity index (χ1) is 12.0. The highest BCUT2D eigenvalue weighted by Gasteiger charge is 2.31. The predicted molar refractivity (Wildman–Crippen MR) is 101 cm³/mol. The number of halogens is 2. The number of hydrogen-bond donors (Lipinski definition) is 3. The minimum atomic E-state index is -0.483. The van der Waals surface area contributed by atoms with Gasteiger partial charge in [0, 0.05) is 16.4 Å². The van der Waals surface area contributed by atoms with Crippen LogP contribution in [0.5, 0.6) is 0 Å². The molecule has 0 spiro atoms. The fourth-order valence-corrected chi connectivity index (χ4v) is 3.18. The fraction of sp³-hybridized carbons (Fsp3) is 0.111. The number of rotatable bonds is 3. The monoisotopic (exact) mass is 375 g/mol. The van der Waals surface area contributed by atoms with E-state index in [0.29, 0.717) is 27.1 Å². The number of thiocarbonyl (C=S) groups is 1. The summed E-state index contributed by atoms with van der Waals surface area (Å²) in [4.78, 5) is 12.8. The quantitative estimate of drug-likeness (QED) is 0.712. The van der Waals surface area contributed by atoms with Crippen molar-refractivity contribution in [1.82, 2.24) is 10.6 Å². The average molecular weight is 376 g/mol. The number of allylic oxidation sites excluding steroid dienone is 1.